The number of aromatic nitrogens is 2. The van der Waals surface area contributed by atoms with Crippen LogP contribution >= 0.6 is 0 Å². The summed E-state index contributed by atoms with van der Waals surface area (Å²) >= 11 is 0. The summed E-state index contributed by atoms with van der Waals surface area (Å²) in [6.45, 7) is -0.539. The van der Waals surface area contributed by atoms with E-state index >= 15 is 0 Å². The molecule has 28 heavy (non-hydrogen) atoms. The highest BCUT2D eigenvalue weighted by Crippen LogP contribution is 2.37. The first-order valence-electron chi connectivity index (χ1n) is 8.62. The van der Waals surface area contributed by atoms with Gasteiger partial charge in [-0.2, -0.15) is 18.3 Å². The van der Waals surface area contributed by atoms with Gasteiger partial charge < -0.3 is 15.3 Å². The molecule has 150 valence electrons. The SMILES string of the molecule is O=C(O)[C@@H]1CN(C(=O)NCc2ccccc2Cn2cccn2)C[C@H]1C(F)(F)F. The summed E-state index contributed by atoms with van der Waals surface area (Å²) in [6.07, 6.45) is -1.23. The van der Waals surface area contributed by atoms with Crippen LogP contribution in [0.5, 0.6) is 0 Å². The molecule has 1 aromatic carbocycles. The van der Waals surface area contributed by atoms with E-state index in [1.807, 2.05) is 18.2 Å². The zero-order valence-electron chi connectivity index (χ0n) is 14.8. The van der Waals surface area contributed by atoms with Crippen LogP contribution in [-0.2, 0) is 17.9 Å². The number of alkyl halides is 3. The summed E-state index contributed by atoms with van der Waals surface area (Å²) in [5.74, 6) is -5.28. The van der Waals surface area contributed by atoms with E-state index < -0.39 is 43.1 Å². The standard InChI is InChI=1S/C18H19F3N4O3/c19-18(20,21)15-11-24(10-14(15)16(26)27)17(28)22-8-12-4-1-2-5-13(12)9-25-7-3-6-23-25/h1-7,14-15H,8-11H2,(H,22,28)(H,26,27)/t14-,15-/m1/s1. The van der Waals surface area contributed by atoms with E-state index in [2.05, 4.69) is 10.4 Å². The lowest BCUT2D eigenvalue weighted by Crippen LogP contribution is -2.39. The van der Waals surface area contributed by atoms with Crippen molar-refractivity contribution in [1.82, 2.24) is 20.0 Å². The highest BCUT2D eigenvalue weighted by molar-refractivity contribution is 5.77. The second-order valence-corrected chi connectivity index (χ2v) is 6.63. The molecule has 0 saturated carbocycles. The Balaban J connectivity index is 1.64. The number of rotatable bonds is 5. The first kappa shape index (κ1) is 19.7. The molecule has 2 aromatic rings. The van der Waals surface area contributed by atoms with Crippen LogP contribution in [0.1, 0.15) is 11.1 Å². The van der Waals surface area contributed by atoms with Gasteiger partial charge in [-0.1, -0.05) is 24.3 Å². The molecule has 0 aliphatic carbocycles. The molecular weight excluding hydrogens is 377 g/mol. The number of amides is 2. The second-order valence-electron chi connectivity index (χ2n) is 6.63. The Morgan fingerprint density at radius 2 is 1.89 bits per heavy atom. The second kappa shape index (κ2) is 7.91. The number of nitrogens with one attached hydrogen (secondary N) is 1. The molecule has 0 bridgehead atoms. The van der Waals surface area contributed by atoms with Crippen molar-refractivity contribution in [3.8, 4) is 0 Å². The van der Waals surface area contributed by atoms with Crippen LogP contribution in [0.15, 0.2) is 42.7 Å². The number of carboxylic acids is 1. The minimum atomic E-state index is -4.67. The summed E-state index contributed by atoms with van der Waals surface area (Å²) in [6, 6.07) is 8.39. The molecule has 0 radical (unpaired) electrons. The average Bonchev–Trinajstić information content (AvgIpc) is 3.30. The lowest BCUT2D eigenvalue weighted by molar-refractivity contribution is -0.187. The van der Waals surface area contributed by atoms with E-state index in [4.69, 9.17) is 5.11 Å². The monoisotopic (exact) mass is 396 g/mol. The Bertz CT molecular complexity index is 839. The van der Waals surface area contributed by atoms with Crippen molar-refractivity contribution in [3.05, 3.63) is 53.9 Å². The minimum absolute atomic E-state index is 0.112. The Morgan fingerprint density at radius 1 is 1.18 bits per heavy atom. The zero-order chi connectivity index (χ0) is 20.3. The van der Waals surface area contributed by atoms with Gasteiger partial charge in [0.2, 0.25) is 0 Å². The van der Waals surface area contributed by atoms with Crippen molar-refractivity contribution < 1.29 is 27.9 Å². The van der Waals surface area contributed by atoms with Gasteiger partial charge in [0.15, 0.2) is 0 Å². The minimum Gasteiger partial charge on any atom is -0.481 e. The predicted molar refractivity (Wildman–Crippen MR) is 92.3 cm³/mol. The molecule has 0 spiro atoms. The Morgan fingerprint density at radius 3 is 2.46 bits per heavy atom. The van der Waals surface area contributed by atoms with Crippen molar-refractivity contribution in [3.63, 3.8) is 0 Å². The number of aliphatic carboxylic acids is 1. The number of hydrogen-bond donors (Lipinski definition) is 2. The first-order valence-corrected chi connectivity index (χ1v) is 8.62. The largest absolute Gasteiger partial charge is 0.481 e. The van der Waals surface area contributed by atoms with E-state index in [1.54, 1.807) is 29.2 Å². The molecule has 1 aliphatic rings. The van der Waals surface area contributed by atoms with Gasteiger partial charge in [-0.3, -0.25) is 9.48 Å². The summed E-state index contributed by atoms with van der Waals surface area (Å²) in [4.78, 5) is 24.4. The van der Waals surface area contributed by atoms with Gasteiger partial charge in [0.25, 0.3) is 0 Å². The van der Waals surface area contributed by atoms with Crippen molar-refractivity contribution in [1.29, 1.82) is 0 Å². The summed E-state index contributed by atoms with van der Waals surface area (Å²) in [5.41, 5.74) is 1.71. The number of hydrogen-bond acceptors (Lipinski definition) is 3. The summed E-state index contributed by atoms with van der Waals surface area (Å²) < 4.78 is 40.9. The van der Waals surface area contributed by atoms with E-state index in [0.717, 1.165) is 16.0 Å². The normalized spacial score (nSPS) is 19.6. The fraction of sp³-hybridized carbons (Fsp3) is 0.389. The number of carbonyl (C=O) groups excluding carboxylic acids is 1. The van der Waals surface area contributed by atoms with Crippen molar-refractivity contribution in [2.45, 2.75) is 19.3 Å². The fourth-order valence-corrected chi connectivity index (χ4v) is 3.29. The summed E-state index contributed by atoms with van der Waals surface area (Å²) in [5, 5.41) is 15.8. The highest BCUT2D eigenvalue weighted by atomic mass is 19.4. The molecule has 2 atom stereocenters. The van der Waals surface area contributed by atoms with E-state index in [9.17, 15) is 22.8 Å². The Hall–Kier alpha value is -3.04. The van der Waals surface area contributed by atoms with Crippen LogP contribution < -0.4 is 5.32 Å². The van der Waals surface area contributed by atoms with Crippen molar-refractivity contribution in [2.24, 2.45) is 11.8 Å². The molecule has 0 unspecified atom stereocenters. The van der Waals surface area contributed by atoms with E-state index in [0.29, 0.717) is 6.54 Å². The molecule has 10 heteroatoms. The molecule has 1 aliphatic heterocycles. The van der Waals surface area contributed by atoms with Gasteiger partial charge >= 0.3 is 18.2 Å². The fourth-order valence-electron chi connectivity index (χ4n) is 3.29. The molecule has 1 fully saturated rings. The molecule has 3 rings (SSSR count). The van der Waals surface area contributed by atoms with Gasteiger partial charge in [0, 0.05) is 32.0 Å². The van der Waals surface area contributed by atoms with Gasteiger partial charge in [-0.25, -0.2) is 4.79 Å². The summed E-state index contributed by atoms with van der Waals surface area (Å²) in [7, 11) is 0. The number of carboxylic acid groups (broad SMARTS) is 1. The topological polar surface area (TPSA) is 87.5 Å². The lowest BCUT2D eigenvalue weighted by Gasteiger charge is -2.19. The molecule has 1 aromatic heterocycles. The third kappa shape index (κ3) is 4.44. The van der Waals surface area contributed by atoms with Crippen LogP contribution in [0, 0.1) is 11.8 Å². The van der Waals surface area contributed by atoms with Gasteiger partial charge in [0.05, 0.1) is 18.4 Å². The van der Waals surface area contributed by atoms with Gasteiger partial charge in [-0.15, -0.1) is 0 Å². The third-order valence-corrected chi connectivity index (χ3v) is 4.78. The smallest absolute Gasteiger partial charge is 0.394 e. The molecular formula is C18H19F3N4O3. The first-order chi connectivity index (χ1) is 13.3. The quantitative estimate of drug-likeness (QED) is 0.812. The predicted octanol–water partition coefficient (Wildman–Crippen LogP) is 2.34. The molecule has 7 nitrogen and oxygen atoms in total. The van der Waals surface area contributed by atoms with E-state index in [-0.39, 0.29) is 6.54 Å². The number of nitrogens with zero attached hydrogens (tertiary/aromatic N) is 3. The van der Waals surface area contributed by atoms with Crippen molar-refractivity contribution in [2.75, 3.05) is 13.1 Å². The molecule has 1 saturated heterocycles. The van der Waals surface area contributed by atoms with Crippen LogP contribution in [0.25, 0.3) is 0 Å². The maximum Gasteiger partial charge on any atom is 0.394 e. The number of benzene rings is 1. The maximum atomic E-state index is 13.1. The van der Waals surface area contributed by atoms with Crippen LogP contribution in [0.2, 0.25) is 0 Å². The maximum absolute atomic E-state index is 13.1. The van der Waals surface area contributed by atoms with E-state index in [1.165, 1.54) is 0 Å². The average molecular weight is 396 g/mol. The highest BCUT2D eigenvalue weighted by Gasteiger charge is 2.53. The molecule has 2 heterocycles. The number of likely N-dealkylation sites (tertiary alicyclic amines) is 1. The van der Waals surface area contributed by atoms with Crippen LogP contribution in [0.3, 0.4) is 0 Å². The Kier molecular flexibility index (Phi) is 5.57. The third-order valence-electron chi connectivity index (χ3n) is 4.78. The van der Waals surface area contributed by atoms with Crippen LogP contribution in [-0.4, -0.2) is 51.1 Å². The lowest BCUT2D eigenvalue weighted by atomic mass is 9.96. The number of halogens is 3. The van der Waals surface area contributed by atoms with Crippen LogP contribution in [0.4, 0.5) is 18.0 Å². The number of carbonyl (C=O) groups is 2. The Labute approximate surface area is 158 Å². The molecule has 2 N–H and O–H groups in total. The zero-order valence-corrected chi connectivity index (χ0v) is 14.8. The molecule has 2 amide bonds. The number of urea groups is 1. The van der Waals surface area contributed by atoms with Gasteiger partial charge in [-0.05, 0) is 17.2 Å². The van der Waals surface area contributed by atoms with Gasteiger partial charge in [0.1, 0.15) is 0 Å². The van der Waals surface area contributed by atoms with Crippen molar-refractivity contribution >= 4 is 12.0 Å².